The van der Waals surface area contributed by atoms with E-state index in [2.05, 4.69) is 75.9 Å². The Bertz CT molecular complexity index is 667. The van der Waals surface area contributed by atoms with Gasteiger partial charge >= 0.3 is 0 Å². The van der Waals surface area contributed by atoms with Crippen LogP contribution >= 0.6 is 51.2 Å². The van der Waals surface area contributed by atoms with E-state index in [0.29, 0.717) is 0 Å². The zero-order chi connectivity index (χ0) is 16.8. The molecule has 8 heteroatoms. The van der Waals surface area contributed by atoms with Crippen LogP contribution in [0.15, 0.2) is 27.9 Å². The highest BCUT2D eigenvalue weighted by Gasteiger charge is 2.09. The molecule has 2 rings (SSSR count). The molecule has 0 fully saturated rings. The minimum atomic E-state index is 0. The average Bonchev–Trinajstić information content (AvgIpc) is 3.03. The molecular formula is C16H25BrIN5S. The summed E-state index contributed by atoms with van der Waals surface area (Å²) in [6, 6.07) is 2.14. The van der Waals surface area contributed by atoms with Crippen molar-refractivity contribution in [2.45, 2.75) is 26.8 Å². The van der Waals surface area contributed by atoms with Gasteiger partial charge in [-0.05, 0) is 35.8 Å². The number of aliphatic imine (C=N–C) groups is 1. The molecule has 1 N–H and O–H groups in total. The number of thiazole rings is 1. The van der Waals surface area contributed by atoms with Crippen LogP contribution in [0.3, 0.4) is 0 Å². The van der Waals surface area contributed by atoms with Crippen LogP contribution < -0.4 is 5.32 Å². The molecule has 2 heterocycles. The van der Waals surface area contributed by atoms with Crippen molar-refractivity contribution in [1.82, 2.24) is 19.8 Å². The Labute approximate surface area is 173 Å². The summed E-state index contributed by atoms with van der Waals surface area (Å²) in [6.07, 6.45) is 4.88. The first-order chi connectivity index (χ1) is 11.0. The number of hydrogen-bond acceptors (Lipinski definition) is 3. The molecule has 0 unspecified atom stereocenters. The summed E-state index contributed by atoms with van der Waals surface area (Å²) in [4.78, 5) is 12.5. The highest BCUT2D eigenvalue weighted by atomic mass is 127. The Kier molecular flexibility index (Phi) is 9.28. The third-order valence-corrected chi connectivity index (χ3v) is 4.83. The van der Waals surface area contributed by atoms with E-state index in [1.54, 1.807) is 11.3 Å². The van der Waals surface area contributed by atoms with Crippen molar-refractivity contribution >= 4 is 57.2 Å². The van der Waals surface area contributed by atoms with Crippen LogP contribution in [0.1, 0.15) is 22.5 Å². The van der Waals surface area contributed by atoms with E-state index in [-0.39, 0.29) is 24.0 Å². The molecule has 0 radical (unpaired) electrons. The monoisotopic (exact) mass is 525 g/mol. The zero-order valence-corrected chi connectivity index (χ0v) is 19.3. The van der Waals surface area contributed by atoms with Crippen molar-refractivity contribution in [3.63, 3.8) is 0 Å². The molecule has 2 aromatic rings. The third kappa shape index (κ3) is 6.36. The van der Waals surface area contributed by atoms with Gasteiger partial charge in [-0.15, -0.1) is 35.3 Å². The third-order valence-electron chi connectivity index (χ3n) is 3.43. The molecular weight excluding hydrogens is 501 g/mol. The number of aromatic nitrogens is 2. The summed E-state index contributed by atoms with van der Waals surface area (Å²) in [5, 5.41) is 4.51. The molecule has 0 saturated heterocycles. The molecule has 0 aliphatic heterocycles. The van der Waals surface area contributed by atoms with Gasteiger partial charge in [0.25, 0.3) is 0 Å². The minimum absolute atomic E-state index is 0. The SMILES string of the molecule is CCNC(=NCCc1ncc(C)s1)N(C)Cc1cc(Br)cn1C.I. The minimum Gasteiger partial charge on any atom is -0.357 e. The lowest BCUT2D eigenvalue weighted by Crippen LogP contribution is -2.39. The van der Waals surface area contributed by atoms with Gasteiger partial charge in [0.05, 0.1) is 11.6 Å². The first kappa shape index (κ1) is 21.4. The van der Waals surface area contributed by atoms with Gasteiger partial charge in [-0.25, -0.2) is 4.98 Å². The number of halogens is 2. The van der Waals surface area contributed by atoms with Gasteiger partial charge < -0.3 is 14.8 Å². The van der Waals surface area contributed by atoms with Crippen LogP contribution in [0.4, 0.5) is 0 Å². The fourth-order valence-electron chi connectivity index (χ4n) is 2.29. The molecule has 0 aromatic carbocycles. The molecule has 134 valence electrons. The van der Waals surface area contributed by atoms with Gasteiger partial charge in [0.2, 0.25) is 0 Å². The number of nitrogens with zero attached hydrogens (tertiary/aromatic N) is 4. The lowest BCUT2D eigenvalue weighted by atomic mass is 10.4. The van der Waals surface area contributed by atoms with Gasteiger partial charge in [-0.3, -0.25) is 4.99 Å². The van der Waals surface area contributed by atoms with Crippen LogP contribution in [-0.4, -0.2) is 40.5 Å². The molecule has 0 saturated carbocycles. The number of guanidine groups is 1. The van der Waals surface area contributed by atoms with Gasteiger partial charge in [0.15, 0.2) is 5.96 Å². The molecule has 2 aromatic heterocycles. The second-order valence-corrected chi connectivity index (χ2v) is 7.70. The van der Waals surface area contributed by atoms with Crippen molar-refractivity contribution in [1.29, 1.82) is 0 Å². The number of hydrogen-bond donors (Lipinski definition) is 1. The topological polar surface area (TPSA) is 45.5 Å². The predicted molar refractivity (Wildman–Crippen MR) is 117 cm³/mol. The van der Waals surface area contributed by atoms with Gasteiger partial charge in [0, 0.05) is 61.0 Å². The van der Waals surface area contributed by atoms with Crippen molar-refractivity contribution in [2.75, 3.05) is 20.1 Å². The molecule has 0 bridgehead atoms. The normalized spacial score (nSPS) is 11.3. The van der Waals surface area contributed by atoms with E-state index in [4.69, 9.17) is 4.99 Å². The van der Waals surface area contributed by atoms with Crippen LogP contribution in [0.25, 0.3) is 0 Å². The van der Waals surface area contributed by atoms with Crippen LogP contribution in [-0.2, 0) is 20.0 Å². The Balaban J connectivity index is 0.00000288. The lowest BCUT2D eigenvalue weighted by Gasteiger charge is -2.22. The molecule has 0 spiro atoms. The van der Waals surface area contributed by atoms with Crippen molar-refractivity contribution < 1.29 is 0 Å². The quantitative estimate of drug-likeness (QED) is 0.354. The second kappa shape index (κ2) is 10.4. The molecule has 5 nitrogen and oxygen atoms in total. The fourth-order valence-corrected chi connectivity index (χ4v) is 3.63. The Morgan fingerprint density at radius 2 is 2.25 bits per heavy atom. The number of aryl methyl sites for hydroxylation is 2. The largest absolute Gasteiger partial charge is 0.357 e. The molecule has 24 heavy (non-hydrogen) atoms. The van der Waals surface area contributed by atoms with Crippen molar-refractivity contribution in [2.24, 2.45) is 12.0 Å². The van der Waals surface area contributed by atoms with E-state index in [0.717, 1.165) is 41.5 Å². The maximum atomic E-state index is 4.73. The smallest absolute Gasteiger partial charge is 0.194 e. The molecule has 0 amide bonds. The summed E-state index contributed by atoms with van der Waals surface area (Å²) in [5.41, 5.74) is 1.24. The highest BCUT2D eigenvalue weighted by Crippen LogP contribution is 2.15. The molecule has 0 atom stereocenters. The predicted octanol–water partition coefficient (Wildman–Crippen LogP) is 3.81. The van der Waals surface area contributed by atoms with Gasteiger partial charge in [0.1, 0.15) is 0 Å². The average molecular weight is 526 g/mol. The standard InChI is InChI=1S/C16H24BrN5S.HI/c1-5-18-16(19-7-6-15-20-9-12(2)23-15)22(4)11-14-8-13(17)10-21(14)3;/h8-10H,5-7,11H2,1-4H3,(H,18,19);1H. The number of rotatable bonds is 6. The summed E-state index contributed by atoms with van der Waals surface area (Å²) in [5.74, 6) is 0.929. The van der Waals surface area contributed by atoms with Crippen LogP contribution in [0, 0.1) is 6.92 Å². The van der Waals surface area contributed by atoms with E-state index < -0.39 is 0 Å². The highest BCUT2D eigenvalue weighted by molar-refractivity contribution is 14.0. The maximum absolute atomic E-state index is 4.73. The Morgan fingerprint density at radius 3 is 2.79 bits per heavy atom. The van der Waals surface area contributed by atoms with Crippen molar-refractivity contribution in [3.05, 3.63) is 38.5 Å². The summed E-state index contributed by atoms with van der Waals surface area (Å²) in [7, 11) is 4.12. The van der Waals surface area contributed by atoms with Crippen LogP contribution in [0.5, 0.6) is 0 Å². The molecule has 0 aliphatic rings. The lowest BCUT2D eigenvalue weighted by molar-refractivity contribution is 0.462. The summed E-state index contributed by atoms with van der Waals surface area (Å²) < 4.78 is 3.23. The summed E-state index contributed by atoms with van der Waals surface area (Å²) >= 11 is 5.27. The first-order valence-electron chi connectivity index (χ1n) is 7.71. The Morgan fingerprint density at radius 1 is 1.50 bits per heavy atom. The maximum Gasteiger partial charge on any atom is 0.194 e. The number of nitrogens with one attached hydrogen (secondary N) is 1. The van der Waals surface area contributed by atoms with E-state index in [9.17, 15) is 0 Å². The van der Waals surface area contributed by atoms with E-state index >= 15 is 0 Å². The van der Waals surface area contributed by atoms with E-state index in [1.165, 1.54) is 10.6 Å². The van der Waals surface area contributed by atoms with Crippen molar-refractivity contribution in [3.8, 4) is 0 Å². The van der Waals surface area contributed by atoms with E-state index in [1.807, 2.05) is 6.20 Å². The zero-order valence-electron chi connectivity index (χ0n) is 14.5. The molecule has 0 aliphatic carbocycles. The first-order valence-corrected chi connectivity index (χ1v) is 9.32. The second-order valence-electron chi connectivity index (χ2n) is 5.47. The van der Waals surface area contributed by atoms with Gasteiger partial charge in [-0.1, -0.05) is 0 Å². The van der Waals surface area contributed by atoms with Crippen LogP contribution in [0.2, 0.25) is 0 Å². The fraction of sp³-hybridized carbons (Fsp3) is 0.500. The Hall–Kier alpha value is -0.610. The van der Waals surface area contributed by atoms with Gasteiger partial charge in [-0.2, -0.15) is 0 Å². The summed E-state index contributed by atoms with van der Waals surface area (Å²) in [6.45, 7) is 6.59.